The monoisotopic (exact) mass is 327 g/mol. The predicted molar refractivity (Wildman–Crippen MR) is 99.6 cm³/mol. The fourth-order valence-electron chi connectivity index (χ4n) is 2.64. The van der Waals surface area contributed by atoms with Gasteiger partial charge < -0.3 is 4.74 Å². The molecule has 0 radical (unpaired) electrons. The minimum absolute atomic E-state index is 0.0609. The molecule has 0 aromatic rings. The van der Waals surface area contributed by atoms with Gasteiger partial charge in [-0.2, -0.15) is 0 Å². The van der Waals surface area contributed by atoms with Crippen LogP contribution in [0.2, 0.25) is 0 Å². The van der Waals surface area contributed by atoms with Crippen LogP contribution in [-0.4, -0.2) is 31.2 Å². The molecule has 0 fully saturated rings. The van der Waals surface area contributed by atoms with Gasteiger partial charge in [-0.15, -0.1) is 0 Å². The van der Waals surface area contributed by atoms with Gasteiger partial charge >= 0.3 is 5.97 Å². The zero-order valence-corrected chi connectivity index (χ0v) is 16.2. The highest BCUT2D eigenvalue weighted by Crippen LogP contribution is 2.13. The lowest BCUT2D eigenvalue weighted by Gasteiger charge is -2.19. The van der Waals surface area contributed by atoms with Crippen molar-refractivity contribution in [3.8, 4) is 0 Å². The van der Waals surface area contributed by atoms with Crippen LogP contribution < -0.4 is 0 Å². The maximum absolute atomic E-state index is 11.6. The molecule has 3 heteroatoms. The summed E-state index contributed by atoms with van der Waals surface area (Å²) in [5.74, 6) is -0.0609. The number of nitrogens with zero attached hydrogens (tertiary/aromatic N) is 1. The lowest BCUT2D eigenvalue weighted by molar-refractivity contribution is -0.155. The van der Waals surface area contributed by atoms with Crippen molar-refractivity contribution in [2.45, 2.75) is 110 Å². The normalized spacial score (nSPS) is 12.6. The summed E-state index contributed by atoms with van der Waals surface area (Å²) < 4.78 is 5.31. The third-order valence-corrected chi connectivity index (χ3v) is 4.51. The van der Waals surface area contributed by atoms with Crippen molar-refractivity contribution in [2.75, 3.05) is 14.1 Å². The minimum atomic E-state index is -0.121. The van der Waals surface area contributed by atoms with Crippen molar-refractivity contribution in [1.29, 1.82) is 0 Å². The zero-order valence-electron chi connectivity index (χ0n) is 16.2. The maximum atomic E-state index is 11.6. The first-order valence-electron chi connectivity index (χ1n) is 9.93. The van der Waals surface area contributed by atoms with Crippen molar-refractivity contribution in [3.05, 3.63) is 0 Å². The van der Waals surface area contributed by atoms with Crippen LogP contribution in [0.3, 0.4) is 0 Å². The second-order valence-corrected chi connectivity index (χ2v) is 7.05. The summed E-state index contributed by atoms with van der Waals surface area (Å²) in [7, 11) is 3.84. The van der Waals surface area contributed by atoms with Crippen LogP contribution in [0.5, 0.6) is 0 Å². The smallest absolute Gasteiger partial charge is 0.307 e. The van der Waals surface area contributed by atoms with Gasteiger partial charge in [0.15, 0.2) is 6.23 Å². The Morgan fingerprint density at radius 1 is 0.783 bits per heavy atom. The molecule has 0 aliphatic carbocycles. The zero-order chi connectivity index (χ0) is 17.3. The molecule has 0 aromatic carbocycles. The van der Waals surface area contributed by atoms with Gasteiger partial charge in [0.1, 0.15) is 0 Å². The Morgan fingerprint density at radius 2 is 1.17 bits per heavy atom. The Labute approximate surface area is 145 Å². The summed E-state index contributed by atoms with van der Waals surface area (Å²) in [5.41, 5.74) is 0. The highest BCUT2D eigenvalue weighted by molar-refractivity contribution is 5.69. The summed E-state index contributed by atoms with van der Waals surface area (Å²) in [6.07, 6.45) is 17.7. The lowest BCUT2D eigenvalue weighted by atomic mass is 10.0. The molecule has 3 nitrogen and oxygen atoms in total. The molecule has 0 saturated carbocycles. The van der Waals surface area contributed by atoms with Crippen LogP contribution in [0, 0.1) is 0 Å². The van der Waals surface area contributed by atoms with Gasteiger partial charge in [-0.3, -0.25) is 9.69 Å². The van der Waals surface area contributed by atoms with Crippen molar-refractivity contribution >= 4 is 5.97 Å². The summed E-state index contributed by atoms with van der Waals surface area (Å²) in [6, 6.07) is 0. The van der Waals surface area contributed by atoms with E-state index in [0.717, 1.165) is 12.8 Å². The topological polar surface area (TPSA) is 29.5 Å². The van der Waals surface area contributed by atoms with Crippen molar-refractivity contribution in [2.24, 2.45) is 0 Å². The number of carbonyl (C=O) groups excluding carboxylic acids is 1. The van der Waals surface area contributed by atoms with E-state index in [4.69, 9.17) is 4.74 Å². The van der Waals surface area contributed by atoms with Gasteiger partial charge in [0.2, 0.25) is 0 Å². The standard InChI is InChI=1S/C20H41NO2/c1-5-6-7-8-9-10-11-12-13-14-15-16-17-18-20(22)23-19(2)21(3)4/h19H,5-18H2,1-4H3. The first kappa shape index (κ1) is 22.4. The SMILES string of the molecule is CCCCCCCCCCCCCCCC(=O)OC(C)N(C)C. The van der Waals surface area contributed by atoms with E-state index < -0.39 is 0 Å². The number of rotatable bonds is 16. The van der Waals surface area contributed by atoms with E-state index in [2.05, 4.69) is 6.92 Å². The molecule has 0 spiro atoms. The molecule has 0 N–H and O–H groups in total. The second-order valence-electron chi connectivity index (χ2n) is 7.05. The number of ether oxygens (including phenoxy) is 1. The van der Waals surface area contributed by atoms with Gasteiger partial charge in [0.25, 0.3) is 0 Å². The first-order valence-corrected chi connectivity index (χ1v) is 9.93. The molecule has 0 heterocycles. The minimum Gasteiger partial charge on any atom is -0.447 e. The van der Waals surface area contributed by atoms with Crippen LogP contribution in [-0.2, 0) is 9.53 Å². The number of carbonyl (C=O) groups is 1. The third kappa shape index (κ3) is 16.1. The van der Waals surface area contributed by atoms with Gasteiger partial charge in [-0.1, -0.05) is 84.0 Å². The number of hydrogen-bond acceptors (Lipinski definition) is 3. The Kier molecular flexibility index (Phi) is 15.9. The van der Waals surface area contributed by atoms with E-state index in [1.807, 2.05) is 25.9 Å². The molecule has 0 aromatic heterocycles. The Morgan fingerprint density at radius 3 is 1.57 bits per heavy atom. The fourth-order valence-corrected chi connectivity index (χ4v) is 2.64. The summed E-state index contributed by atoms with van der Waals surface area (Å²) in [5, 5.41) is 0. The lowest BCUT2D eigenvalue weighted by Crippen LogP contribution is -2.29. The van der Waals surface area contributed by atoms with Crippen molar-refractivity contribution in [3.63, 3.8) is 0 Å². The van der Waals surface area contributed by atoms with Crippen LogP contribution in [0.25, 0.3) is 0 Å². The van der Waals surface area contributed by atoms with E-state index >= 15 is 0 Å². The molecule has 0 amide bonds. The van der Waals surface area contributed by atoms with Gasteiger partial charge in [-0.05, 0) is 27.4 Å². The molecular weight excluding hydrogens is 286 g/mol. The molecular formula is C20H41NO2. The van der Waals surface area contributed by atoms with Gasteiger partial charge in [0, 0.05) is 6.42 Å². The number of unbranched alkanes of at least 4 members (excludes halogenated alkanes) is 12. The van der Waals surface area contributed by atoms with Crippen LogP contribution >= 0.6 is 0 Å². The molecule has 138 valence electrons. The van der Waals surface area contributed by atoms with Crippen LogP contribution in [0.1, 0.15) is 104 Å². The molecule has 0 rings (SSSR count). The molecule has 1 unspecified atom stereocenters. The Hall–Kier alpha value is -0.570. The summed E-state index contributed by atoms with van der Waals surface area (Å²) >= 11 is 0. The molecule has 0 bridgehead atoms. The quantitative estimate of drug-likeness (QED) is 0.200. The van der Waals surface area contributed by atoms with E-state index in [0.29, 0.717) is 6.42 Å². The van der Waals surface area contributed by atoms with Crippen molar-refractivity contribution < 1.29 is 9.53 Å². The second kappa shape index (κ2) is 16.3. The Bertz CT molecular complexity index is 266. The average Bonchev–Trinajstić information content (AvgIpc) is 2.51. The summed E-state index contributed by atoms with van der Waals surface area (Å²) in [6.45, 7) is 4.18. The average molecular weight is 328 g/mol. The molecule has 0 aliphatic rings. The summed E-state index contributed by atoms with van der Waals surface area (Å²) in [4.78, 5) is 13.5. The largest absolute Gasteiger partial charge is 0.447 e. The van der Waals surface area contributed by atoms with E-state index in [9.17, 15) is 4.79 Å². The van der Waals surface area contributed by atoms with E-state index in [1.54, 1.807) is 0 Å². The highest BCUT2D eigenvalue weighted by Gasteiger charge is 2.10. The number of esters is 1. The van der Waals surface area contributed by atoms with Gasteiger partial charge in [0.05, 0.1) is 0 Å². The molecule has 0 aliphatic heterocycles. The fraction of sp³-hybridized carbons (Fsp3) is 0.950. The van der Waals surface area contributed by atoms with Crippen molar-refractivity contribution in [1.82, 2.24) is 4.90 Å². The third-order valence-electron chi connectivity index (χ3n) is 4.51. The Balaban J connectivity index is 3.20. The first-order chi connectivity index (χ1) is 11.1. The van der Waals surface area contributed by atoms with Crippen LogP contribution in [0.15, 0.2) is 0 Å². The molecule has 0 saturated heterocycles. The van der Waals surface area contributed by atoms with Crippen LogP contribution in [0.4, 0.5) is 0 Å². The van der Waals surface area contributed by atoms with Gasteiger partial charge in [-0.25, -0.2) is 0 Å². The molecule has 1 atom stereocenters. The predicted octanol–water partition coefficient (Wildman–Crippen LogP) is 5.92. The highest BCUT2D eigenvalue weighted by atomic mass is 16.6. The van der Waals surface area contributed by atoms with E-state index in [-0.39, 0.29) is 12.2 Å². The molecule has 23 heavy (non-hydrogen) atoms. The van der Waals surface area contributed by atoms with E-state index in [1.165, 1.54) is 70.6 Å². The number of hydrogen-bond donors (Lipinski definition) is 0. The maximum Gasteiger partial charge on any atom is 0.307 e.